The summed E-state index contributed by atoms with van der Waals surface area (Å²) in [5, 5.41) is 6.38. The maximum Gasteiger partial charge on any atom is 0.417 e. The second-order valence-corrected chi connectivity index (χ2v) is 6.35. The molecule has 29 heavy (non-hydrogen) atoms. The van der Waals surface area contributed by atoms with Crippen LogP contribution in [-0.2, 0) is 9.53 Å². The molecule has 0 fully saturated rings. The molecule has 0 aromatic heterocycles. The number of para-hydroxylation sites is 1. The second-order valence-electron chi connectivity index (χ2n) is 5.95. The smallest absolute Gasteiger partial charge is 0.417 e. The Morgan fingerprint density at radius 1 is 1.03 bits per heavy atom. The predicted molar refractivity (Wildman–Crippen MR) is 107 cm³/mol. The van der Waals surface area contributed by atoms with Crippen LogP contribution in [0.5, 0.6) is 0 Å². The van der Waals surface area contributed by atoms with Crippen molar-refractivity contribution in [1.82, 2.24) is 5.32 Å². The maximum atomic E-state index is 13.4. The van der Waals surface area contributed by atoms with Crippen LogP contribution < -0.4 is 16.0 Å². The number of aryl methyl sites for hydroxylation is 1. The van der Waals surface area contributed by atoms with Gasteiger partial charge in [-0.3, -0.25) is 4.79 Å². The molecule has 0 aliphatic rings. The van der Waals surface area contributed by atoms with Crippen LogP contribution in [0.3, 0.4) is 0 Å². The van der Waals surface area contributed by atoms with E-state index in [1.54, 1.807) is 25.1 Å². The van der Waals surface area contributed by atoms with Gasteiger partial charge in [0.25, 0.3) is 5.91 Å². The molecule has 3 N–H and O–H groups in total. The largest absolute Gasteiger partial charge is 0.465 e. The lowest BCUT2D eigenvalue weighted by Crippen LogP contribution is -2.54. The van der Waals surface area contributed by atoms with Crippen LogP contribution >= 0.6 is 12.2 Å². The molecule has 6 nitrogen and oxygen atoms in total. The van der Waals surface area contributed by atoms with Crippen molar-refractivity contribution in [1.29, 1.82) is 0 Å². The minimum Gasteiger partial charge on any atom is -0.465 e. The molecule has 1 unspecified atom stereocenters. The first kappa shape index (κ1) is 22.2. The number of carbonyl (C=O) groups is 2. The van der Waals surface area contributed by atoms with Crippen LogP contribution in [0.25, 0.3) is 0 Å². The van der Waals surface area contributed by atoms with Crippen molar-refractivity contribution < 1.29 is 27.5 Å². The number of thiocarbonyl (C=S) groups is 1. The first-order chi connectivity index (χ1) is 13.6. The lowest BCUT2D eigenvalue weighted by Gasteiger charge is -2.23. The van der Waals surface area contributed by atoms with E-state index in [1.165, 1.54) is 37.4 Å². The van der Waals surface area contributed by atoms with Crippen molar-refractivity contribution in [2.24, 2.45) is 0 Å². The first-order valence-electron chi connectivity index (χ1n) is 8.31. The second kappa shape index (κ2) is 9.37. The summed E-state index contributed by atoms with van der Waals surface area (Å²) in [5.74, 6) is -1.85. The predicted octanol–water partition coefficient (Wildman–Crippen LogP) is 3.64. The number of benzene rings is 2. The van der Waals surface area contributed by atoms with Crippen molar-refractivity contribution in [2.45, 2.75) is 19.1 Å². The highest BCUT2D eigenvalue weighted by molar-refractivity contribution is 7.80. The van der Waals surface area contributed by atoms with Gasteiger partial charge in [-0.1, -0.05) is 18.2 Å². The van der Waals surface area contributed by atoms with E-state index in [2.05, 4.69) is 15.4 Å². The number of amides is 1. The van der Waals surface area contributed by atoms with E-state index in [0.29, 0.717) is 11.3 Å². The number of alkyl halides is 3. The van der Waals surface area contributed by atoms with Crippen molar-refractivity contribution in [3.63, 3.8) is 0 Å². The molecular formula is C19H18F3N3O3S. The summed E-state index contributed by atoms with van der Waals surface area (Å²) >= 11 is 4.90. The third-order valence-electron chi connectivity index (χ3n) is 3.83. The highest BCUT2D eigenvalue weighted by Gasteiger charge is 2.45. The van der Waals surface area contributed by atoms with Gasteiger partial charge >= 0.3 is 12.1 Å². The van der Waals surface area contributed by atoms with E-state index in [-0.39, 0.29) is 11.3 Å². The Morgan fingerprint density at radius 3 is 2.21 bits per heavy atom. The average molecular weight is 425 g/mol. The van der Waals surface area contributed by atoms with Crippen molar-refractivity contribution in [2.75, 3.05) is 17.7 Å². The maximum absolute atomic E-state index is 13.4. The molecule has 0 aliphatic carbocycles. The molecule has 0 radical (unpaired) electrons. The van der Waals surface area contributed by atoms with Crippen LogP contribution in [-0.4, -0.2) is 36.3 Å². The molecule has 154 valence electrons. The highest BCUT2D eigenvalue weighted by Crippen LogP contribution is 2.23. The molecule has 0 aliphatic heterocycles. The molecule has 0 saturated heterocycles. The average Bonchev–Trinajstić information content (AvgIpc) is 2.67. The molecule has 2 aromatic rings. The van der Waals surface area contributed by atoms with E-state index in [4.69, 9.17) is 12.2 Å². The van der Waals surface area contributed by atoms with Gasteiger partial charge in [0, 0.05) is 11.4 Å². The Kier molecular flexibility index (Phi) is 7.16. The van der Waals surface area contributed by atoms with Crippen molar-refractivity contribution in [3.8, 4) is 0 Å². The van der Waals surface area contributed by atoms with Crippen LogP contribution in [0.15, 0.2) is 48.5 Å². The first-order valence-corrected chi connectivity index (χ1v) is 8.71. The lowest BCUT2D eigenvalue weighted by molar-refractivity contribution is -0.162. The molecule has 2 aromatic carbocycles. The monoisotopic (exact) mass is 425 g/mol. The Bertz CT molecular complexity index is 902. The molecule has 0 heterocycles. The van der Waals surface area contributed by atoms with Gasteiger partial charge in [-0.2, -0.15) is 13.2 Å². The summed E-state index contributed by atoms with van der Waals surface area (Å²) in [4.78, 5) is 23.6. The normalized spacial score (nSPS) is 11.9. The number of anilines is 2. The quantitative estimate of drug-likeness (QED) is 0.502. The number of carbonyl (C=O) groups excluding carboxylic acids is 2. The fraction of sp³-hybridized carbons (Fsp3) is 0.211. The molecular weight excluding hydrogens is 407 g/mol. The SMILES string of the molecule is COC(=O)c1ccc(NC(=S)NC(C(=O)Nc2ccccc2C)C(F)(F)F)cc1. The molecule has 10 heteroatoms. The lowest BCUT2D eigenvalue weighted by atomic mass is 10.2. The third-order valence-corrected chi connectivity index (χ3v) is 4.05. The van der Waals surface area contributed by atoms with E-state index in [9.17, 15) is 22.8 Å². The van der Waals surface area contributed by atoms with E-state index < -0.39 is 29.2 Å². The zero-order chi connectivity index (χ0) is 21.6. The number of rotatable bonds is 5. The van der Waals surface area contributed by atoms with Gasteiger partial charge in [-0.15, -0.1) is 0 Å². The van der Waals surface area contributed by atoms with Crippen LogP contribution in [0.1, 0.15) is 15.9 Å². The Balaban J connectivity index is 2.07. The summed E-state index contributed by atoms with van der Waals surface area (Å²) in [7, 11) is 1.23. The Hall–Kier alpha value is -3.14. The highest BCUT2D eigenvalue weighted by atomic mass is 32.1. The standard InChI is InChI=1S/C19H18F3N3O3S/c1-11-5-3-4-6-14(11)24-16(26)15(19(20,21)22)25-18(29)23-13-9-7-12(8-10-13)17(27)28-2/h3-10,15H,1-2H3,(H,24,26)(H2,23,25,29). The van der Waals surface area contributed by atoms with Gasteiger partial charge in [-0.25, -0.2) is 4.79 Å². The minimum atomic E-state index is -4.88. The van der Waals surface area contributed by atoms with Gasteiger partial charge in [0.15, 0.2) is 5.11 Å². The Morgan fingerprint density at radius 2 is 1.66 bits per heavy atom. The molecule has 0 saturated carbocycles. The topological polar surface area (TPSA) is 79.5 Å². The molecule has 1 amide bonds. The fourth-order valence-corrected chi connectivity index (χ4v) is 2.56. The number of hydrogen-bond acceptors (Lipinski definition) is 4. The van der Waals surface area contributed by atoms with Crippen molar-refractivity contribution >= 4 is 40.6 Å². The van der Waals surface area contributed by atoms with Gasteiger partial charge in [0.2, 0.25) is 6.04 Å². The van der Waals surface area contributed by atoms with Crippen LogP contribution in [0.2, 0.25) is 0 Å². The minimum absolute atomic E-state index is 0.266. The van der Waals surface area contributed by atoms with Gasteiger partial charge < -0.3 is 20.7 Å². The van der Waals surface area contributed by atoms with Crippen molar-refractivity contribution in [3.05, 3.63) is 59.7 Å². The number of esters is 1. The third kappa shape index (κ3) is 6.18. The van der Waals surface area contributed by atoms with Gasteiger partial charge in [0.1, 0.15) is 0 Å². The number of hydrogen-bond donors (Lipinski definition) is 3. The van der Waals surface area contributed by atoms with Gasteiger partial charge in [0.05, 0.1) is 12.7 Å². The van der Waals surface area contributed by atoms with Crippen LogP contribution in [0.4, 0.5) is 24.5 Å². The number of methoxy groups -OCH3 is 1. The van der Waals surface area contributed by atoms with E-state index >= 15 is 0 Å². The summed E-state index contributed by atoms with van der Waals surface area (Å²) in [6, 6.07) is 9.63. The van der Waals surface area contributed by atoms with Gasteiger partial charge in [-0.05, 0) is 55.0 Å². The van der Waals surface area contributed by atoms with E-state index in [0.717, 1.165) is 0 Å². The number of ether oxygens (including phenoxy) is 1. The molecule has 0 bridgehead atoms. The summed E-state index contributed by atoms with van der Waals surface area (Å²) in [6.07, 6.45) is -4.88. The number of nitrogens with one attached hydrogen (secondary N) is 3. The molecule has 2 rings (SSSR count). The molecule has 0 spiro atoms. The number of halogens is 3. The summed E-state index contributed by atoms with van der Waals surface area (Å²) < 4.78 is 44.7. The zero-order valence-electron chi connectivity index (χ0n) is 15.5. The van der Waals surface area contributed by atoms with Crippen LogP contribution in [0, 0.1) is 6.92 Å². The molecule has 1 atom stereocenters. The zero-order valence-corrected chi connectivity index (χ0v) is 16.3. The summed E-state index contributed by atoms with van der Waals surface area (Å²) in [6.45, 7) is 1.66. The van der Waals surface area contributed by atoms with E-state index in [1.807, 2.05) is 5.32 Å². The Labute approximate surface area is 170 Å². The summed E-state index contributed by atoms with van der Waals surface area (Å²) in [5.41, 5.74) is 1.48. The fourth-order valence-electron chi connectivity index (χ4n) is 2.32.